The summed E-state index contributed by atoms with van der Waals surface area (Å²) in [5, 5.41) is 11.5. The molecule has 0 saturated heterocycles. The van der Waals surface area contributed by atoms with E-state index >= 15 is 0 Å². The third-order valence-electron chi connectivity index (χ3n) is 3.90. The molecular weight excluding hydrogens is 372 g/mol. The predicted octanol–water partition coefficient (Wildman–Crippen LogP) is 3.20. The summed E-state index contributed by atoms with van der Waals surface area (Å²) in [7, 11) is 0. The summed E-state index contributed by atoms with van der Waals surface area (Å²) < 4.78 is 16.1. The number of furan rings is 1. The molecule has 0 aliphatic rings. The van der Waals surface area contributed by atoms with Crippen LogP contribution in [0.2, 0.25) is 0 Å². The molecule has 1 amide bonds. The van der Waals surface area contributed by atoms with E-state index in [0.29, 0.717) is 17.1 Å². The summed E-state index contributed by atoms with van der Waals surface area (Å²) in [6.45, 7) is -0.0687. The van der Waals surface area contributed by atoms with Gasteiger partial charge in [-0.15, -0.1) is 0 Å². The lowest BCUT2D eigenvalue weighted by molar-refractivity contribution is -0.143. The van der Waals surface area contributed by atoms with Crippen LogP contribution >= 0.6 is 0 Å². The summed E-state index contributed by atoms with van der Waals surface area (Å²) in [6.07, 6.45) is 0. The molecule has 0 aliphatic heterocycles. The molecule has 29 heavy (non-hydrogen) atoms. The molecule has 0 atom stereocenters. The van der Waals surface area contributed by atoms with E-state index in [2.05, 4.69) is 5.32 Å². The molecular formula is C22H18N2O5. The standard InChI is InChI=1S/C22H18N2O5/c23-12-17-8-4-5-9-19(17)27-15-18-10-11-20(29-18)22(26)24-13-21(25)28-14-16-6-2-1-3-7-16/h1-11H,13-15H2,(H,24,26). The van der Waals surface area contributed by atoms with Crippen molar-refractivity contribution in [1.82, 2.24) is 5.32 Å². The van der Waals surface area contributed by atoms with Gasteiger partial charge in [-0.25, -0.2) is 0 Å². The molecule has 0 aliphatic carbocycles. The summed E-state index contributed by atoms with van der Waals surface area (Å²) in [5.41, 5.74) is 1.27. The van der Waals surface area contributed by atoms with Gasteiger partial charge < -0.3 is 19.2 Å². The molecule has 0 unspecified atom stereocenters. The van der Waals surface area contributed by atoms with Crippen LogP contribution in [-0.2, 0) is 22.7 Å². The van der Waals surface area contributed by atoms with Gasteiger partial charge in [-0.05, 0) is 29.8 Å². The van der Waals surface area contributed by atoms with Gasteiger partial charge in [0, 0.05) is 0 Å². The Kier molecular flexibility index (Phi) is 6.63. The number of nitrogens with zero attached hydrogens (tertiary/aromatic N) is 1. The van der Waals surface area contributed by atoms with Crippen molar-refractivity contribution < 1.29 is 23.5 Å². The third kappa shape index (κ3) is 5.71. The molecule has 0 spiro atoms. The second-order valence-corrected chi connectivity index (χ2v) is 5.99. The van der Waals surface area contributed by atoms with E-state index in [4.69, 9.17) is 19.2 Å². The molecule has 3 aromatic rings. The van der Waals surface area contributed by atoms with Gasteiger partial charge in [-0.3, -0.25) is 9.59 Å². The highest BCUT2D eigenvalue weighted by Gasteiger charge is 2.14. The molecule has 2 aromatic carbocycles. The first-order chi connectivity index (χ1) is 14.2. The van der Waals surface area contributed by atoms with Crippen molar-refractivity contribution in [1.29, 1.82) is 5.26 Å². The summed E-state index contributed by atoms with van der Waals surface area (Å²) in [5.74, 6) is -0.197. The summed E-state index contributed by atoms with van der Waals surface area (Å²) in [6, 6.07) is 21.2. The SMILES string of the molecule is N#Cc1ccccc1OCc1ccc(C(=O)NCC(=O)OCc2ccccc2)o1. The largest absolute Gasteiger partial charge is 0.484 e. The molecule has 7 nitrogen and oxygen atoms in total. The zero-order valence-electron chi connectivity index (χ0n) is 15.5. The lowest BCUT2D eigenvalue weighted by Gasteiger charge is -2.06. The first-order valence-electron chi connectivity index (χ1n) is 8.84. The van der Waals surface area contributed by atoms with Crippen molar-refractivity contribution in [3.05, 3.63) is 89.4 Å². The maximum Gasteiger partial charge on any atom is 0.325 e. The second-order valence-electron chi connectivity index (χ2n) is 5.99. The number of carbonyl (C=O) groups is 2. The highest BCUT2D eigenvalue weighted by atomic mass is 16.5. The average Bonchev–Trinajstić information content (AvgIpc) is 3.24. The van der Waals surface area contributed by atoms with E-state index in [-0.39, 0.29) is 25.5 Å². The van der Waals surface area contributed by atoms with Crippen LogP contribution in [0.4, 0.5) is 0 Å². The van der Waals surface area contributed by atoms with E-state index < -0.39 is 11.9 Å². The Morgan fingerprint density at radius 2 is 1.72 bits per heavy atom. The summed E-state index contributed by atoms with van der Waals surface area (Å²) >= 11 is 0. The van der Waals surface area contributed by atoms with E-state index in [1.165, 1.54) is 6.07 Å². The summed E-state index contributed by atoms with van der Waals surface area (Å²) in [4.78, 5) is 23.9. The first kappa shape index (κ1) is 19.7. The Bertz CT molecular complexity index is 1020. The van der Waals surface area contributed by atoms with Crippen LogP contribution in [0.5, 0.6) is 5.75 Å². The molecule has 146 valence electrons. The van der Waals surface area contributed by atoms with E-state index in [9.17, 15) is 9.59 Å². The number of hydrogen-bond donors (Lipinski definition) is 1. The van der Waals surface area contributed by atoms with Gasteiger partial charge in [0.05, 0.1) is 5.56 Å². The van der Waals surface area contributed by atoms with Crippen LogP contribution in [0.25, 0.3) is 0 Å². The van der Waals surface area contributed by atoms with Gasteiger partial charge >= 0.3 is 5.97 Å². The maximum atomic E-state index is 12.1. The van der Waals surface area contributed by atoms with Gasteiger partial charge in [0.1, 0.15) is 37.3 Å². The number of amides is 1. The highest BCUT2D eigenvalue weighted by molar-refractivity contribution is 5.93. The number of nitriles is 1. The van der Waals surface area contributed by atoms with Crippen molar-refractivity contribution in [3.63, 3.8) is 0 Å². The molecule has 3 rings (SSSR count). The Morgan fingerprint density at radius 3 is 2.52 bits per heavy atom. The number of ether oxygens (including phenoxy) is 2. The number of para-hydroxylation sites is 1. The predicted molar refractivity (Wildman–Crippen MR) is 103 cm³/mol. The highest BCUT2D eigenvalue weighted by Crippen LogP contribution is 2.19. The molecule has 7 heteroatoms. The topological polar surface area (TPSA) is 102 Å². The van der Waals surface area contributed by atoms with E-state index in [1.54, 1.807) is 30.3 Å². The minimum absolute atomic E-state index is 0.0491. The number of nitrogens with one attached hydrogen (secondary N) is 1. The van der Waals surface area contributed by atoms with Crippen molar-refractivity contribution in [2.24, 2.45) is 0 Å². The van der Waals surface area contributed by atoms with E-state index in [0.717, 1.165) is 5.56 Å². The maximum absolute atomic E-state index is 12.1. The number of hydrogen-bond acceptors (Lipinski definition) is 6. The Hall–Kier alpha value is -4.05. The zero-order valence-corrected chi connectivity index (χ0v) is 15.5. The Morgan fingerprint density at radius 1 is 0.966 bits per heavy atom. The van der Waals surface area contributed by atoms with Crippen molar-refractivity contribution in [2.75, 3.05) is 6.54 Å². The molecule has 0 radical (unpaired) electrons. The van der Waals surface area contributed by atoms with Crippen LogP contribution in [0.1, 0.15) is 27.4 Å². The van der Waals surface area contributed by atoms with Crippen LogP contribution < -0.4 is 10.1 Å². The quantitative estimate of drug-likeness (QED) is 0.593. The second kappa shape index (κ2) is 9.76. The Balaban J connectivity index is 1.45. The van der Waals surface area contributed by atoms with Gasteiger partial charge in [0.2, 0.25) is 0 Å². The third-order valence-corrected chi connectivity index (χ3v) is 3.90. The molecule has 1 heterocycles. The van der Waals surface area contributed by atoms with Crippen LogP contribution in [0.15, 0.2) is 71.1 Å². The monoisotopic (exact) mass is 390 g/mol. The minimum Gasteiger partial charge on any atom is -0.484 e. The molecule has 1 aromatic heterocycles. The lowest BCUT2D eigenvalue weighted by atomic mass is 10.2. The van der Waals surface area contributed by atoms with Gasteiger partial charge in [-0.2, -0.15) is 5.26 Å². The Labute approximate surface area is 167 Å². The fourth-order valence-electron chi connectivity index (χ4n) is 2.44. The van der Waals surface area contributed by atoms with Gasteiger partial charge in [0.25, 0.3) is 5.91 Å². The molecule has 1 N–H and O–H groups in total. The van der Waals surface area contributed by atoms with E-state index in [1.807, 2.05) is 36.4 Å². The van der Waals surface area contributed by atoms with Crippen LogP contribution in [0.3, 0.4) is 0 Å². The number of carbonyl (C=O) groups excluding carboxylic acids is 2. The fraction of sp³-hybridized carbons (Fsp3) is 0.136. The number of rotatable bonds is 8. The molecule has 0 bridgehead atoms. The average molecular weight is 390 g/mol. The van der Waals surface area contributed by atoms with Crippen LogP contribution in [0, 0.1) is 11.3 Å². The normalized spacial score (nSPS) is 10.0. The van der Waals surface area contributed by atoms with Crippen molar-refractivity contribution in [3.8, 4) is 11.8 Å². The zero-order chi connectivity index (χ0) is 20.5. The lowest BCUT2D eigenvalue weighted by Crippen LogP contribution is -2.30. The van der Waals surface area contributed by atoms with Crippen LogP contribution in [-0.4, -0.2) is 18.4 Å². The van der Waals surface area contributed by atoms with Gasteiger partial charge in [-0.1, -0.05) is 42.5 Å². The first-order valence-corrected chi connectivity index (χ1v) is 8.84. The minimum atomic E-state index is -0.551. The van der Waals surface area contributed by atoms with Crippen molar-refractivity contribution >= 4 is 11.9 Å². The number of esters is 1. The smallest absolute Gasteiger partial charge is 0.325 e. The van der Waals surface area contributed by atoms with Gasteiger partial charge in [0.15, 0.2) is 5.76 Å². The fourth-order valence-corrected chi connectivity index (χ4v) is 2.44. The number of benzene rings is 2. The molecule has 0 fully saturated rings. The van der Waals surface area contributed by atoms with Crippen molar-refractivity contribution in [2.45, 2.75) is 13.2 Å². The molecule has 0 saturated carbocycles.